The van der Waals surface area contributed by atoms with Gasteiger partial charge in [-0.05, 0) is 55.3 Å². The first-order chi connectivity index (χ1) is 7.38. The highest BCUT2D eigenvalue weighted by atomic mass is 16.6. The molecule has 3 aliphatic rings. The van der Waals surface area contributed by atoms with Crippen LogP contribution in [0.4, 0.5) is 0 Å². The average Bonchev–Trinajstić information content (AvgIpc) is 2.76. The summed E-state index contributed by atoms with van der Waals surface area (Å²) in [5.41, 5.74) is 1.15. The maximum atomic E-state index is 6.09. The molecule has 0 bridgehead atoms. The highest BCUT2D eigenvalue weighted by Crippen LogP contribution is 2.71. The van der Waals surface area contributed by atoms with Crippen molar-refractivity contribution in [3.05, 3.63) is 0 Å². The van der Waals surface area contributed by atoms with Crippen LogP contribution in [0.3, 0.4) is 0 Å². The van der Waals surface area contributed by atoms with E-state index in [9.17, 15) is 0 Å². The Morgan fingerprint density at radius 3 is 2.50 bits per heavy atom. The summed E-state index contributed by atoms with van der Waals surface area (Å²) in [5.74, 6) is 1.78. The summed E-state index contributed by atoms with van der Waals surface area (Å²) in [6, 6.07) is 0. The molecular weight excluding hydrogens is 196 g/mol. The Balaban J connectivity index is 2.04. The van der Waals surface area contributed by atoms with Crippen LogP contribution in [0.25, 0.3) is 0 Å². The van der Waals surface area contributed by atoms with E-state index in [1.807, 2.05) is 0 Å². The minimum atomic E-state index is 0.195. The first-order valence-electron chi connectivity index (χ1n) is 7.06. The van der Waals surface area contributed by atoms with Crippen molar-refractivity contribution >= 4 is 0 Å². The van der Waals surface area contributed by atoms with E-state index in [4.69, 9.17) is 4.74 Å². The van der Waals surface area contributed by atoms with Crippen LogP contribution in [-0.2, 0) is 4.74 Å². The maximum absolute atomic E-state index is 6.09. The molecule has 2 unspecified atom stereocenters. The maximum Gasteiger partial charge on any atom is 0.0973 e. The third-order valence-corrected chi connectivity index (χ3v) is 6.88. The number of fused-ring (bicyclic) bond motifs is 2. The van der Waals surface area contributed by atoms with Crippen LogP contribution in [0.1, 0.15) is 60.3 Å². The summed E-state index contributed by atoms with van der Waals surface area (Å²) < 4.78 is 6.09. The lowest BCUT2D eigenvalue weighted by Crippen LogP contribution is -2.51. The Morgan fingerprint density at radius 1 is 1.19 bits per heavy atom. The zero-order valence-electron chi connectivity index (χ0n) is 11.5. The van der Waals surface area contributed by atoms with Gasteiger partial charge < -0.3 is 4.74 Å². The Bertz CT molecular complexity index is 321. The van der Waals surface area contributed by atoms with Crippen LogP contribution in [0.2, 0.25) is 0 Å². The molecule has 2 aliphatic carbocycles. The van der Waals surface area contributed by atoms with Crippen molar-refractivity contribution in [3.63, 3.8) is 0 Å². The standard InChI is InChI=1S/C15H26O/c1-6-15-9-12-14(5,16-12)13(3,4)11(15)8-7-10(15)2/h10-12H,6-9H2,1-5H3/t10-,11-,12?,14?,15+/m0/s1. The molecule has 16 heavy (non-hydrogen) atoms. The second-order valence-electron chi connectivity index (χ2n) is 7.26. The minimum Gasteiger partial charge on any atom is -0.366 e. The van der Waals surface area contributed by atoms with Crippen LogP contribution >= 0.6 is 0 Å². The van der Waals surface area contributed by atoms with Crippen molar-refractivity contribution in [2.75, 3.05) is 0 Å². The zero-order valence-corrected chi connectivity index (χ0v) is 11.5. The summed E-state index contributed by atoms with van der Waals surface area (Å²) in [7, 11) is 0. The van der Waals surface area contributed by atoms with E-state index in [-0.39, 0.29) is 5.60 Å². The van der Waals surface area contributed by atoms with E-state index in [0.29, 0.717) is 16.9 Å². The zero-order chi connectivity index (χ0) is 11.8. The highest BCUT2D eigenvalue weighted by molar-refractivity contribution is 5.21. The summed E-state index contributed by atoms with van der Waals surface area (Å²) in [6.45, 7) is 12.1. The minimum absolute atomic E-state index is 0.195. The molecule has 0 aromatic rings. The predicted octanol–water partition coefficient (Wildman–Crippen LogP) is 4.02. The van der Waals surface area contributed by atoms with E-state index in [0.717, 1.165) is 11.8 Å². The fourth-order valence-corrected chi connectivity index (χ4v) is 5.25. The second kappa shape index (κ2) is 2.85. The van der Waals surface area contributed by atoms with Gasteiger partial charge >= 0.3 is 0 Å². The van der Waals surface area contributed by atoms with Crippen molar-refractivity contribution in [3.8, 4) is 0 Å². The Labute approximate surface area is 99.9 Å². The summed E-state index contributed by atoms with van der Waals surface area (Å²) in [5, 5.41) is 0. The average molecular weight is 222 g/mol. The van der Waals surface area contributed by atoms with Gasteiger partial charge in [-0.1, -0.05) is 27.7 Å². The summed E-state index contributed by atoms with van der Waals surface area (Å²) >= 11 is 0. The molecule has 0 aromatic carbocycles. The molecule has 1 saturated heterocycles. The van der Waals surface area contributed by atoms with Crippen LogP contribution < -0.4 is 0 Å². The molecule has 0 aromatic heterocycles. The molecule has 2 saturated carbocycles. The van der Waals surface area contributed by atoms with Gasteiger partial charge in [-0.25, -0.2) is 0 Å². The number of hydrogen-bond donors (Lipinski definition) is 0. The fourth-order valence-electron chi connectivity index (χ4n) is 5.25. The Morgan fingerprint density at radius 2 is 1.88 bits per heavy atom. The lowest BCUT2D eigenvalue weighted by atomic mass is 9.51. The largest absolute Gasteiger partial charge is 0.366 e. The van der Waals surface area contributed by atoms with Crippen LogP contribution in [-0.4, -0.2) is 11.7 Å². The van der Waals surface area contributed by atoms with Crippen molar-refractivity contribution in [1.82, 2.24) is 0 Å². The Kier molecular flexibility index (Phi) is 1.98. The molecular formula is C15H26O. The molecule has 1 nitrogen and oxygen atoms in total. The smallest absolute Gasteiger partial charge is 0.0973 e. The number of rotatable bonds is 1. The topological polar surface area (TPSA) is 12.5 Å². The highest BCUT2D eigenvalue weighted by Gasteiger charge is 2.73. The third kappa shape index (κ3) is 0.978. The van der Waals surface area contributed by atoms with Crippen molar-refractivity contribution < 1.29 is 4.74 Å². The van der Waals surface area contributed by atoms with Gasteiger partial charge in [-0.2, -0.15) is 0 Å². The van der Waals surface area contributed by atoms with E-state index < -0.39 is 0 Å². The molecule has 92 valence electrons. The van der Waals surface area contributed by atoms with E-state index in [2.05, 4.69) is 34.6 Å². The van der Waals surface area contributed by atoms with Crippen LogP contribution in [0.15, 0.2) is 0 Å². The lowest BCUT2D eigenvalue weighted by Gasteiger charge is -2.51. The molecule has 1 aliphatic heterocycles. The quantitative estimate of drug-likeness (QED) is 0.611. The molecule has 0 amide bonds. The van der Waals surface area contributed by atoms with Gasteiger partial charge in [-0.15, -0.1) is 0 Å². The van der Waals surface area contributed by atoms with Crippen LogP contribution in [0, 0.1) is 22.7 Å². The van der Waals surface area contributed by atoms with Gasteiger partial charge in [0.25, 0.3) is 0 Å². The van der Waals surface area contributed by atoms with Gasteiger partial charge in [0, 0.05) is 0 Å². The van der Waals surface area contributed by atoms with Gasteiger partial charge in [0.2, 0.25) is 0 Å². The molecule has 1 heteroatoms. The molecule has 0 spiro atoms. The van der Waals surface area contributed by atoms with E-state index in [1.165, 1.54) is 25.7 Å². The predicted molar refractivity (Wildman–Crippen MR) is 66.3 cm³/mol. The first-order valence-corrected chi connectivity index (χ1v) is 7.06. The van der Waals surface area contributed by atoms with Crippen molar-refractivity contribution in [1.29, 1.82) is 0 Å². The number of ether oxygens (including phenoxy) is 1. The molecule has 3 rings (SSSR count). The molecule has 0 radical (unpaired) electrons. The normalized spacial score (nSPS) is 57.9. The molecule has 5 atom stereocenters. The van der Waals surface area contributed by atoms with Crippen molar-refractivity contribution in [2.24, 2.45) is 22.7 Å². The monoisotopic (exact) mass is 222 g/mol. The SMILES string of the molecule is CC[C@]12CC3OC3(C)C(C)(C)[C@@H]1CC[C@@H]2C. The third-order valence-electron chi connectivity index (χ3n) is 6.88. The van der Waals surface area contributed by atoms with E-state index >= 15 is 0 Å². The van der Waals surface area contributed by atoms with Gasteiger partial charge in [-0.3, -0.25) is 0 Å². The summed E-state index contributed by atoms with van der Waals surface area (Å²) in [6.07, 6.45) is 6.09. The molecule has 0 N–H and O–H groups in total. The first kappa shape index (κ1) is 11.1. The van der Waals surface area contributed by atoms with E-state index in [1.54, 1.807) is 0 Å². The Hall–Kier alpha value is -0.0400. The number of epoxide rings is 1. The van der Waals surface area contributed by atoms with Crippen LogP contribution in [0.5, 0.6) is 0 Å². The van der Waals surface area contributed by atoms with Gasteiger partial charge in [0.05, 0.1) is 11.7 Å². The fraction of sp³-hybridized carbons (Fsp3) is 1.00. The lowest BCUT2D eigenvalue weighted by molar-refractivity contribution is -0.0242. The number of hydrogen-bond acceptors (Lipinski definition) is 1. The molecule has 1 heterocycles. The van der Waals surface area contributed by atoms with Crippen molar-refractivity contribution in [2.45, 2.75) is 72.0 Å². The molecule has 3 fully saturated rings. The van der Waals surface area contributed by atoms with Gasteiger partial charge in [0.1, 0.15) is 0 Å². The second-order valence-corrected chi connectivity index (χ2v) is 7.26. The summed E-state index contributed by atoms with van der Waals surface area (Å²) in [4.78, 5) is 0. The van der Waals surface area contributed by atoms with Gasteiger partial charge in [0.15, 0.2) is 0 Å².